The lowest BCUT2D eigenvalue weighted by atomic mass is 10.1. The predicted molar refractivity (Wildman–Crippen MR) is 110 cm³/mol. The second-order valence-corrected chi connectivity index (χ2v) is 8.38. The molecule has 27 heavy (non-hydrogen) atoms. The molecule has 0 atom stereocenters. The summed E-state index contributed by atoms with van der Waals surface area (Å²) in [5.74, 6) is 1.50. The van der Waals surface area contributed by atoms with Crippen molar-refractivity contribution < 1.29 is 0 Å². The lowest BCUT2D eigenvalue weighted by molar-refractivity contribution is 0.604. The van der Waals surface area contributed by atoms with Gasteiger partial charge in [0, 0.05) is 41.2 Å². The van der Waals surface area contributed by atoms with Gasteiger partial charge in [-0.25, -0.2) is 0 Å². The monoisotopic (exact) mass is 375 g/mol. The number of nitrogens with zero attached hydrogens (tertiary/aromatic N) is 5. The molecule has 2 aromatic carbocycles. The molecule has 0 N–H and O–H groups in total. The first-order chi connectivity index (χ1) is 13.2. The Morgan fingerprint density at radius 1 is 0.926 bits per heavy atom. The van der Waals surface area contributed by atoms with Crippen molar-refractivity contribution in [2.75, 3.05) is 0 Å². The molecule has 0 amide bonds. The highest BCUT2D eigenvalue weighted by Crippen LogP contribution is 2.29. The van der Waals surface area contributed by atoms with E-state index in [1.807, 2.05) is 4.52 Å². The van der Waals surface area contributed by atoms with Gasteiger partial charge in [0.2, 0.25) is 4.96 Å². The van der Waals surface area contributed by atoms with Gasteiger partial charge in [-0.05, 0) is 18.1 Å². The highest BCUT2D eigenvalue weighted by Gasteiger charge is 2.14. The van der Waals surface area contributed by atoms with Crippen LogP contribution in [0, 0.1) is 5.92 Å². The fraction of sp³-hybridized carbons (Fsp3) is 0.286. The zero-order valence-corrected chi connectivity index (χ0v) is 16.3. The lowest BCUT2D eigenvalue weighted by Gasteiger charge is -2.05. The molecular formula is C21H21N5S. The van der Waals surface area contributed by atoms with Gasteiger partial charge in [-0.3, -0.25) is 0 Å². The normalized spacial score (nSPS) is 12.1. The minimum Gasteiger partial charge on any atom is -0.340 e. The topological polar surface area (TPSA) is 48.0 Å². The van der Waals surface area contributed by atoms with Crippen LogP contribution in [-0.2, 0) is 19.4 Å². The first kappa shape index (κ1) is 16.4. The maximum Gasteiger partial charge on any atom is 0.234 e. The molecule has 0 saturated carbocycles. The second-order valence-electron chi connectivity index (χ2n) is 7.34. The fourth-order valence-electron chi connectivity index (χ4n) is 3.74. The van der Waals surface area contributed by atoms with Crippen LogP contribution in [0.5, 0.6) is 0 Å². The van der Waals surface area contributed by atoms with Gasteiger partial charge in [0.1, 0.15) is 5.01 Å². The molecule has 3 heterocycles. The van der Waals surface area contributed by atoms with Crippen molar-refractivity contribution in [1.82, 2.24) is 24.4 Å². The van der Waals surface area contributed by atoms with Gasteiger partial charge in [0.15, 0.2) is 5.82 Å². The van der Waals surface area contributed by atoms with Crippen LogP contribution in [-0.4, -0.2) is 24.4 Å². The molecule has 6 heteroatoms. The largest absolute Gasteiger partial charge is 0.340 e. The molecule has 0 spiro atoms. The van der Waals surface area contributed by atoms with E-state index in [9.17, 15) is 0 Å². The number of hydrogen-bond donors (Lipinski definition) is 0. The van der Waals surface area contributed by atoms with Gasteiger partial charge >= 0.3 is 0 Å². The van der Waals surface area contributed by atoms with Gasteiger partial charge in [-0.2, -0.15) is 9.61 Å². The number of benzene rings is 2. The van der Waals surface area contributed by atoms with Gasteiger partial charge in [0.25, 0.3) is 0 Å². The molecule has 5 aromatic rings. The molecule has 0 bridgehead atoms. The van der Waals surface area contributed by atoms with Crippen molar-refractivity contribution in [2.24, 2.45) is 5.92 Å². The third-order valence-corrected chi connectivity index (χ3v) is 5.88. The summed E-state index contributed by atoms with van der Waals surface area (Å²) in [6, 6.07) is 17.3. The van der Waals surface area contributed by atoms with Crippen molar-refractivity contribution >= 4 is 38.1 Å². The molecule has 0 radical (unpaired) electrons. The van der Waals surface area contributed by atoms with Crippen molar-refractivity contribution in [3.8, 4) is 0 Å². The van der Waals surface area contributed by atoms with Gasteiger partial charge in [0.05, 0.1) is 0 Å². The molecule has 0 fully saturated rings. The minimum atomic E-state index is 0.542. The number of fused-ring (bicyclic) bond motifs is 4. The van der Waals surface area contributed by atoms with Crippen LogP contribution in [0.3, 0.4) is 0 Å². The summed E-state index contributed by atoms with van der Waals surface area (Å²) in [5.41, 5.74) is 2.56. The van der Waals surface area contributed by atoms with Crippen molar-refractivity contribution in [2.45, 2.75) is 33.2 Å². The Labute approximate surface area is 161 Å². The number of rotatable bonds is 5. The van der Waals surface area contributed by atoms with E-state index in [0.29, 0.717) is 5.92 Å². The molecule has 0 aliphatic heterocycles. The predicted octanol–water partition coefficient (Wildman–Crippen LogP) is 4.73. The van der Waals surface area contributed by atoms with Gasteiger partial charge in [-0.15, -0.1) is 10.2 Å². The summed E-state index contributed by atoms with van der Waals surface area (Å²) < 4.78 is 4.33. The average molecular weight is 376 g/mol. The minimum absolute atomic E-state index is 0.542. The zero-order valence-electron chi connectivity index (χ0n) is 15.5. The molecule has 5 nitrogen and oxygen atoms in total. The van der Waals surface area contributed by atoms with E-state index >= 15 is 0 Å². The quantitative estimate of drug-likeness (QED) is 0.446. The van der Waals surface area contributed by atoms with E-state index < -0.39 is 0 Å². The standard InChI is InChI=1S/C21H21N5S/c1-14(2)13-19-22-23-21-26(19)24-20(27-21)11-12-25-17-9-5-3-7-15(17)16-8-4-6-10-18(16)25/h3-10,14H,11-13H2,1-2H3. The summed E-state index contributed by atoms with van der Waals surface area (Å²) in [7, 11) is 0. The molecule has 3 aromatic heterocycles. The summed E-state index contributed by atoms with van der Waals surface area (Å²) in [6.45, 7) is 5.28. The van der Waals surface area contributed by atoms with Crippen LogP contribution in [0.2, 0.25) is 0 Å². The van der Waals surface area contributed by atoms with E-state index in [-0.39, 0.29) is 0 Å². The summed E-state index contributed by atoms with van der Waals surface area (Å²) in [5, 5.41) is 17.1. The molecule has 0 saturated heterocycles. The first-order valence-electron chi connectivity index (χ1n) is 9.36. The Bertz CT molecular complexity index is 1190. The Balaban J connectivity index is 1.49. The number of aromatic nitrogens is 5. The number of para-hydroxylation sites is 2. The molecule has 0 unspecified atom stereocenters. The zero-order chi connectivity index (χ0) is 18.4. The smallest absolute Gasteiger partial charge is 0.234 e. The van der Waals surface area contributed by atoms with E-state index in [1.54, 1.807) is 11.3 Å². The number of aryl methyl sites for hydroxylation is 2. The van der Waals surface area contributed by atoms with E-state index in [2.05, 4.69) is 77.1 Å². The number of hydrogen-bond acceptors (Lipinski definition) is 4. The molecule has 5 rings (SSSR count). The van der Waals surface area contributed by atoms with Crippen LogP contribution < -0.4 is 0 Å². The maximum absolute atomic E-state index is 4.78. The van der Waals surface area contributed by atoms with Crippen LogP contribution in [0.4, 0.5) is 0 Å². The van der Waals surface area contributed by atoms with Crippen LogP contribution in [0.15, 0.2) is 48.5 Å². The second kappa shape index (κ2) is 6.46. The fourth-order valence-corrected chi connectivity index (χ4v) is 4.58. The van der Waals surface area contributed by atoms with E-state index in [4.69, 9.17) is 5.10 Å². The van der Waals surface area contributed by atoms with E-state index in [1.165, 1.54) is 21.8 Å². The maximum atomic E-state index is 4.78. The molecule has 136 valence electrons. The summed E-state index contributed by atoms with van der Waals surface area (Å²) in [4.78, 5) is 0.892. The third-order valence-electron chi connectivity index (χ3n) is 4.92. The van der Waals surface area contributed by atoms with Crippen LogP contribution in [0.1, 0.15) is 24.7 Å². The summed E-state index contributed by atoms with van der Waals surface area (Å²) in [6.07, 6.45) is 1.79. The SMILES string of the molecule is CC(C)Cc1nnc2sc(CCn3c4ccccc4c4ccccc43)nn12. The van der Waals surface area contributed by atoms with E-state index in [0.717, 1.165) is 35.2 Å². The highest BCUT2D eigenvalue weighted by molar-refractivity contribution is 7.16. The van der Waals surface area contributed by atoms with Crippen LogP contribution >= 0.6 is 11.3 Å². The summed E-state index contributed by atoms with van der Waals surface area (Å²) >= 11 is 1.64. The molecule has 0 aliphatic rings. The Hall–Kier alpha value is -2.73. The molecular weight excluding hydrogens is 354 g/mol. The molecule has 0 aliphatic carbocycles. The Kier molecular flexibility index (Phi) is 3.93. The Morgan fingerprint density at radius 2 is 1.59 bits per heavy atom. The average Bonchev–Trinajstić information content (AvgIpc) is 3.32. The van der Waals surface area contributed by atoms with Crippen molar-refractivity contribution in [3.63, 3.8) is 0 Å². The van der Waals surface area contributed by atoms with Crippen molar-refractivity contribution in [3.05, 3.63) is 59.4 Å². The van der Waals surface area contributed by atoms with Gasteiger partial charge in [-0.1, -0.05) is 61.6 Å². The van der Waals surface area contributed by atoms with Gasteiger partial charge < -0.3 is 4.57 Å². The third kappa shape index (κ3) is 2.80. The first-order valence-corrected chi connectivity index (χ1v) is 10.2. The van der Waals surface area contributed by atoms with Crippen LogP contribution in [0.25, 0.3) is 26.8 Å². The highest BCUT2D eigenvalue weighted by atomic mass is 32.1. The van der Waals surface area contributed by atoms with Crippen molar-refractivity contribution in [1.29, 1.82) is 0 Å². The Morgan fingerprint density at radius 3 is 2.26 bits per heavy atom. The lowest BCUT2D eigenvalue weighted by Crippen LogP contribution is -2.04.